The van der Waals surface area contributed by atoms with Crippen LogP contribution in [0.2, 0.25) is 0 Å². The van der Waals surface area contributed by atoms with Crippen LogP contribution < -0.4 is 10.2 Å². The van der Waals surface area contributed by atoms with Crippen molar-refractivity contribution >= 4 is 11.8 Å². The van der Waals surface area contributed by atoms with Gasteiger partial charge in [-0.25, -0.2) is 4.68 Å². The molecular weight excluding hydrogens is 372 g/mol. The normalized spacial score (nSPS) is 14.1. The molecule has 0 saturated heterocycles. The highest BCUT2D eigenvalue weighted by Crippen LogP contribution is 2.34. The standard InChI is InChI=1S/C20H16N6OS/c1-13-7-9-15(10-8-13)27-12-18-25-26-19(23-24-20(26)28-18)17-11-16(21-22-17)14-5-3-2-4-6-14/h2-12,25H,1H3,(H,21,22)/b18-12-. The molecule has 8 heteroatoms. The molecule has 5 rings (SSSR count). The molecule has 2 aromatic heterocycles. The number of ether oxygens (including phenoxy) is 1. The largest absolute Gasteiger partial charge is 0.462 e. The smallest absolute Gasteiger partial charge is 0.217 e. The molecule has 0 unspecified atom stereocenters. The summed E-state index contributed by atoms with van der Waals surface area (Å²) in [4.78, 5) is 0. The lowest BCUT2D eigenvalue weighted by atomic mass is 10.1. The summed E-state index contributed by atoms with van der Waals surface area (Å²) >= 11 is 1.46. The van der Waals surface area contributed by atoms with Crippen LogP contribution in [0.25, 0.3) is 22.8 Å². The van der Waals surface area contributed by atoms with E-state index in [1.807, 2.05) is 72.3 Å². The molecule has 0 atom stereocenters. The number of benzene rings is 2. The Balaban J connectivity index is 1.36. The van der Waals surface area contributed by atoms with Crippen LogP contribution in [0.5, 0.6) is 5.75 Å². The fourth-order valence-electron chi connectivity index (χ4n) is 2.82. The molecule has 0 amide bonds. The monoisotopic (exact) mass is 388 g/mol. The number of rotatable bonds is 4. The van der Waals surface area contributed by atoms with E-state index < -0.39 is 0 Å². The molecule has 0 aliphatic carbocycles. The zero-order valence-corrected chi connectivity index (χ0v) is 15.8. The molecule has 7 nitrogen and oxygen atoms in total. The van der Waals surface area contributed by atoms with Crippen LogP contribution in [-0.4, -0.2) is 25.1 Å². The summed E-state index contributed by atoms with van der Waals surface area (Å²) in [5, 5.41) is 17.5. The van der Waals surface area contributed by atoms with Gasteiger partial charge in [0.25, 0.3) is 0 Å². The van der Waals surface area contributed by atoms with E-state index in [9.17, 15) is 0 Å². The van der Waals surface area contributed by atoms with Crippen LogP contribution in [0.4, 0.5) is 0 Å². The summed E-state index contributed by atoms with van der Waals surface area (Å²) < 4.78 is 7.54. The Labute approximate surface area is 165 Å². The van der Waals surface area contributed by atoms with Gasteiger partial charge in [-0.3, -0.25) is 10.5 Å². The minimum absolute atomic E-state index is 0.663. The molecule has 1 aliphatic heterocycles. The van der Waals surface area contributed by atoms with E-state index in [1.165, 1.54) is 17.3 Å². The Bertz CT molecular complexity index is 1150. The van der Waals surface area contributed by atoms with Crippen LogP contribution in [0.1, 0.15) is 5.56 Å². The topological polar surface area (TPSA) is 80.7 Å². The minimum atomic E-state index is 0.663. The molecular formula is C20H16N6OS. The van der Waals surface area contributed by atoms with Gasteiger partial charge in [0.1, 0.15) is 22.7 Å². The molecule has 0 fully saturated rings. The maximum Gasteiger partial charge on any atom is 0.217 e. The van der Waals surface area contributed by atoms with Crippen LogP contribution in [-0.2, 0) is 0 Å². The molecule has 28 heavy (non-hydrogen) atoms. The number of nitrogens with one attached hydrogen (secondary N) is 2. The van der Waals surface area contributed by atoms with Crippen molar-refractivity contribution in [1.82, 2.24) is 25.1 Å². The van der Waals surface area contributed by atoms with Crippen LogP contribution in [0.15, 0.2) is 77.1 Å². The van der Waals surface area contributed by atoms with Crippen molar-refractivity contribution in [1.29, 1.82) is 0 Å². The van der Waals surface area contributed by atoms with E-state index in [4.69, 9.17) is 4.74 Å². The quantitative estimate of drug-likeness (QED) is 0.511. The maximum atomic E-state index is 5.73. The summed E-state index contributed by atoms with van der Waals surface area (Å²) in [5.74, 6) is 1.44. The van der Waals surface area contributed by atoms with Gasteiger partial charge in [0.15, 0.2) is 0 Å². The average molecular weight is 388 g/mol. The molecule has 138 valence electrons. The van der Waals surface area contributed by atoms with Gasteiger partial charge in [-0.2, -0.15) is 5.10 Å². The molecule has 2 N–H and O–H groups in total. The summed E-state index contributed by atoms with van der Waals surface area (Å²) in [5.41, 5.74) is 7.13. The summed E-state index contributed by atoms with van der Waals surface area (Å²) in [7, 11) is 0. The highest BCUT2D eigenvalue weighted by atomic mass is 32.2. The predicted octanol–water partition coefficient (Wildman–Crippen LogP) is 4.17. The lowest BCUT2D eigenvalue weighted by Gasteiger charge is -2.04. The van der Waals surface area contributed by atoms with Gasteiger partial charge in [-0.15, -0.1) is 10.2 Å². The van der Waals surface area contributed by atoms with Crippen molar-refractivity contribution in [2.75, 3.05) is 5.43 Å². The number of nitrogens with zero attached hydrogens (tertiary/aromatic N) is 4. The zero-order valence-electron chi connectivity index (χ0n) is 15.0. The summed E-state index contributed by atoms with van der Waals surface area (Å²) in [6, 6.07) is 19.9. The molecule has 4 aromatic rings. The minimum Gasteiger partial charge on any atom is -0.462 e. The van der Waals surface area contributed by atoms with Gasteiger partial charge in [0, 0.05) is 5.56 Å². The number of aromatic nitrogens is 5. The van der Waals surface area contributed by atoms with Crippen molar-refractivity contribution in [3.8, 4) is 28.5 Å². The molecule has 2 aromatic carbocycles. The molecule has 0 saturated carbocycles. The van der Waals surface area contributed by atoms with Crippen molar-refractivity contribution in [3.63, 3.8) is 0 Å². The van der Waals surface area contributed by atoms with Gasteiger partial charge >= 0.3 is 0 Å². The highest BCUT2D eigenvalue weighted by molar-refractivity contribution is 8.03. The second-order valence-corrected chi connectivity index (χ2v) is 7.31. The summed E-state index contributed by atoms with van der Waals surface area (Å²) in [6.45, 7) is 2.04. The van der Waals surface area contributed by atoms with E-state index in [0.29, 0.717) is 5.82 Å². The van der Waals surface area contributed by atoms with Crippen LogP contribution in [0, 0.1) is 6.92 Å². The summed E-state index contributed by atoms with van der Waals surface area (Å²) in [6.07, 6.45) is 1.68. The number of aryl methyl sites for hydroxylation is 1. The Morgan fingerprint density at radius 1 is 1.04 bits per heavy atom. The maximum absolute atomic E-state index is 5.73. The van der Waals surface area contributed by atoms with Crippen LogP contribution >= 0.6 is 11.8 Å². The number of fused-ring (bicyclic) bond motifs is 1. The number of hydrogen-bond acceptors (Lipinski definition) is 6. The Kier molecular flexibility index (Phi) is 4.10. The Morgan fingerprint density at radius 2 is 1.86 bits per heavy atom. The second-order valence-electron chi connectivity index (χ2n) is 6.30. The van der Waals surface area contributed by atoms with E-state index in [1.54, 1.807) is 6.26 Å². The first-order chi connectivity index (χ1) is 13.8. The van der Waals surface area contributed by atoms with Crippen molar-refractivity contribution in [3.05, 3.63) is 77.5 Å². The predicted molar refractivity (Wildman–Crippen MR) is 108 cm³/mol. The zero-order chi connectivity index (χ0) is 18.9. The van der Waals surface area contributed by atoms with Gasteiger partial charge in [-0.1, -0.05) is 48.0 Å². The van der Waals surface area contributed by atoms with E-state index in [0.717, 1.165) is 32.9 Å². The lowest BCUT2D eigenvalue weighted by Crippen LogP contribution is -2.09. The van der Waals surface area contributed by atoms with Crippen molar-refractivity contribution < 1.29 is 4.74 Å². The third kappa shape index (κ3) is 3.14. The van der Waals surface area contributed by atoms with Crippen molar-refractivity contribution in [2.24, 2.45) is 0 Å². The first kappa shape index (κ1) is 16.6. The number of aromatic amines is 1. The molecule has 0 bridgehead atoms. The fourth-order valence-corrected chi connectivity index (χ4v) is 3.56. The highest BCUT2D eigenvalue weighted by Gasteiger charge is 2.24. The first-order valence-electron chi connectivity index (χ1n) is 8.71. The van der Waals surface area contributed by atoms with Gasteiger partial charge < -0.3 is 4.74 Å². The lowest BCUT2D eigenvalue weighted by molar-refractivity contribution is 0.478. The Morgan fingerprint density at radius 3 is 2.68 bits per heavy atom. The molecule has 0 radical (unpaired) electrons. The van der Waals surface area contributed by atoms with E-state index in [-0.39, 0.29) is 0 Å². The molecule has 1 aliphatic rings. The van der Waals surface area contributed by atoms with E-state index in [2.05, 4.69) is 25.8 Å². The van der Waals surface area contributed by atoms with Crippen molar-refractivity contribution in [2.45, 2.75) is 12.1 Å². The third-order valence-corrected chi connectivity index (χ3v) is 5.12. The number of thioether (sulfide) groups is 1. The third-order valence-electron chi connectivity index (χ3n) is 4.27. The van der Waals surface area contributed by atoms with Crippen LogP contribution in [0.3, 0.4) is 0 Å². The first-order valence-corrected chi connectivity index (χ1v) is 9.53. The van der Waals surface area contributed by atoms with Gasteiger partial charge in [0.2, 0.25) is 11.0 Å². The van der Waals surface area contributed by atoms with Gasteiger partial charge in [0.05, 0.1) is 5.69 Å². The molecule has 3 heterocycles. The number of H-pyrrole nitrogens is 1. The fraction of sp³-hybridized carbons (Fsp3) is 0.0500. The Hall–Kier alpha value is -3.52. The molecule has 0 spiro atoms. The second kappa shape index (κ2) is 6.90. The SMILES string of the molecule is Cc1ccc(O/C=C2/Nn3c(nnc3-c3cc(-c4ccccc4)n[nH]3)S2)cc1. The average Bonchev–Trinajstić information content (AvgIpc) is 3.44. The van der Waals surface area contributed by atoms with Gasteiger partial charge in [-0.05, 0) is 36.9 Å². The number of hydrogen-bond donors (Lipinski definition) is 2. The van der Waals surface area contributed by atoms with E-state index >= 15 is 0 Å².